The fourth-order valence-corrected chi connectivity index (χ4v) is 1.84. The summed E-state index contributed by atoms with van der Waals surface area (Å²) in [5.74, 6) is 0.919. The Morgan fingerprint density at radius 1 is 1.14 bits per heavy atom. The van der Waals surface area contributed by atoms with Crippen molar-refractivity contribution in [3.8, 4) is 0 Å². The highest BCUT2D eigenvalue weighted by Crippen LogP contribution is 2.09. The molecule has 0 heterocycles. The molecule has 0 fully saturated rings. The minimum Gasteiger partial charge on any atom is -0.373 e. The smallest absolute Gasteiger partial charge is 0.191 e. The predicted octanol–water partition coefficient (Wildman–Crippen LogP) is 3.10. The Balaban J connectivity index is 0.00000400. The molecule has 0 aliphatic rings. The van der Waals surface area contributed by atoms with Crippen LogP contribution in [0.4, 0.5) is 5.69 Å². The fourth-order valence-electron chi connectivity index (χ4n) is 1.84. The Kier molecular flexibility index (Phi) is 12.1. The lowest BCUT2D eigenvalue weighted by Gasteiger charge is -2.20. The molecule has 5 heteroatoms. The van der Waals surface area contributed by atoms with E-state index >= 15 is 0 Å². The van der Waals surface area contributed by atoms with Crippen molar-refractivity contribution in [3.63, 3.8) is 0 Å². The summed E-state index contributed by atoms with van der Waals surface area (Å²) < 4.78 is 0. The molecule has 2 N–H and O–H groups in total. The van der Waals surface area contributed by atoms with Gasteiger partial charge in [0.05, 0.1) is 0 Å². The van der Waals surface area contributed by atoms with Crippen molar-refractivity contribution in [1.29, 1.82) is 0 Å². The van der Waals surface area contributed by atoms with E-state index in [4.69, 9.17) is 0 Å². The van der Waals surface area contributed by atoms with Gasteiger partial charge in [-0.25, -0.2) is 0 Å². The first-order valence-corrected chi connectivity index (χ1v) is 7.56. The maximum Gasteiger partial charge on any atom is 0.191 e. The van der Waals surface area contributed by atoms with Crippen LogP contribution in [-0.2, 0) is 0 Å². The molecular weight excluding hydrogens is 375 g/mol. The van der Waals surface area contributed by atoms with E-state index in [1.165, 1.54) is 12.1 Å². The van der Waals surface area contributed by atoms with E-state index in [1.807, 2.05) is 6.07 Å². The van der Waals surface area contributed by atoms with Crippen molar-refractivity contribution in [3.05, 3.63) is 30.3 Å². The molecule has 0 atom stereocenters. The summed E-state index contributed by atoms with van der Waals surface area (Å²) in [6, 6.07) is 10.4. The maximum atomic E-state index is 4.55. The Morgan fingerprint density at radius 3 is 2.48 bits per heavy atom. The number of unbranched alkanes of at least 4 members (excludes halogenated alkanes) is 1. The minimum atomic E-state index is 0. The first-order valence-electron chi connectivity index (χ1n) is 7.56. The van der Waals surface area contributed by atoms with Gasteiger partial charge >= 0.3 is 0 Å². The number of para-hydroxylation sites is 1. The van der Waals surface area contributed by atoms with Gasteiger partial charge in [-0.1, -0.05) is 31.5 Å². The van der Waals surface area contributed by atoms with Crippen LogP contribution in [0.2, 0.25) is 0 Å². The van der Waals surface area contributed by atoms with E-state index in [9.17, 15) is 0 Å². The molecule has 0 amide bonds. The molecule has 0 radical (unpaired) electrons. The van der Waals surface area contributed by atoms with Gasteiger partial charge in [-0.15, -0.1) is 24.0 Å². The molecule has 0 aromatic heterocycles. The summed E-state index contributed by atoms with van der Waals surface area (Å²) in [6.07, 6.45) is 2.32. The Hall–Kier alpha value is -0.980. The number of benzene rings is 1. The standard InChI is InChI=1S/C16H28N4.HI/c1-4-6-12-18-16(17-5-2)19-13-14-20(3)15-10-8-7-9-11-15;/h7-11H,4-6,12-14H2,1-3H3,(H2,17,18,19);1H. The lowest BCUT2D eigenvalue weighted by Crippen LogP contribution is -2.41. The summed E-state index contributed by atoms with van der Waals surface area (Å²) in [7, 11) is 2.11. The summed E-state index contributed by atoms with van der Waals surface area (Å²) in [4.78, 5) is 6.79. The van der Waals surface area contributed by atoms with E-state index in [2.05, 4.69) is 65.7 Å². The number of rotatable bonds is 8. The van der Waals surface area contributed by atoms with Gasteiger partial charge in [0.15, 0.2) is 5.96 Å². The maximum absolute atomic E-state index is 4.55. The first kappa shape index (κ1) is 20.0. The van der Waals surface area contributed by atoms with E-state index in [0.29, 0.717) is 0 Å². The lowest BCUT2D eigenvalue weighted by atomic mass is 10.3. The number of anilines is 1. The van der Waals surface area contributed by atoms with Crippen molar-refractivity contribution < 1.29 is 0 Å². The second-order valence-electron chi connectivity index (χ2n) is 4.80. The highest BCUT2D eigenvalue weighted by molar-refractivity contribution is 14.0. The molecule has 0 bridgehead atoms. The SMILES string of the molecule is CCCCN=C(NCC)NCCN(C)c1ccccc1.I. The van der Waals surface area contributed by atoms with Gasteiger partial charge in [0.25, 0.3) is 0 Å². The number of likely N-dealkylation sites (N-methyl/N-ethyl adjacent to an activating group) is 1. The molecule has 4 nitrogen and oxygen atoms in total. The quantitative estimate of drug-likeness (QED) is 0.303. The number of nitrogens with zero attached hydrogens (tertiary/aromatic N) is 2. The second kappa shape index (κ2) is 12.7. The fraction of sp³-hybridized carbons (Fsp3) is 0.562. The van der Waals surface area contributed by atoms with Crippen molar-refractivity contribution in [2.75, 3.05) is 38.1 Å². The average Bonchev–Trinajstić information content (AvgIpc) is 2.48. The molecule has 1 rings (SSSR count). The van der Waals surface area contributed by atoms with Gasteiger partial charge in [0.1, 0.15) is 0 Å². The van der Waals surface area contributed by atoms with E-state index in [1.54, 1.807) is 0 Å². The summed E-state index contributed by atoms with van der Waals surface area (Å²) in [5, 5.41) is 6.65. The van der Waals surface area contributed by atoms with Crippen LogP contribution in [0.1, 0.15) is 26.7 Å². The summed E-state index contributed by atoms with van der Waals surface area (Å²) in [5.41, 5.74) is 1.24. The minimum absolute atomic E-state index is 0. The van der Waals surface area contributed by atoms with Crippen molar-refractivity contribution in [2.24, 2.45) is 4.99 Å². The van der Waals surface area contributed by atoms with Gasteiger partial charge in [0.2, 0.25) is 0 Å². The van der Waals surface area contributed by atoms with E-state index in [-0.39, 0.29) is 24.0 Å². The van der Waals surface area contributed by atoms with Gasteiger partial charge < -0.3 is 15.5 Å². The van der Waals surface area contributed by atoms with E-state index in [0.717, 1.165) is 38.6 Å². The van der Waals surface area contributed by atoms with Gasteiger partial charge in [-0.2, -0.15) is 0 Å². The topological polar surface area (TPSA) is 39.7 Å². The second-order valence-corrected chi connectivity index (χ2v) is 4.80. The molecule has 1 aromatic carbocycles. The van der Waals surface area contributed by atoms with Crippen LogP contribution >= 0.6 is 24.0 Å². The van der Waals surface area contributed by atoms with E-state index < -0.39 is 0 Å². The number of halogens is 1. The highest BCUT2D eigenvalue weighted by Gasteiger charge is 2.00. The molecule has 120 valence electrons. The van der Waals surface area contributed by atoms with Crippen molar-refractivity contribution in [2.45, 2.75) is 26.7 Å². The zero-order valence-corrected chi connectivity index (χ0v) is 15.8. The van der Waals surface area contributed by atoms with Crippen LogP contribution < -0.4 is 15.5 Å². The molecule has 0 spiro atoms. The Bertz CT molecular complexity index is 381. The number of guanidine groups is 1. The van der Waals surface area contributed by atoms with Crippen molar-refractivity contribution in [1.82, 2.24) is 10.6 Å². The first-order chi connectivity index (χ1) is 9.77. The zero-order valence-electron chi connectivity index (χ0n) is 13.4. The lowest BCUT2D eigenvalue weighted by molar-refractivity contribution is 0.759. The Morgan fingerprint density at radius 2 is 1.86 bits per heavy atom. The average molecular weight is 404 g/mol. The number of nitrogens with one attached hydrogen (secondary N) is 2. The molecule has 21 heavy (non-hydrogen) atoms. The van der Waals surface area contributed by atoms with Crippen LogP contribution in [0, 0.1) is 0 Å². The third-order valence-electron chi connectivity index (χ3n) is 3.06. The third kappa shape index (κ3) is 8.80. The van der Waals surface area contributed by atoms with Crippen LogP contribution in [0.25, 0.3) is 0 Å². The van der Waals surface area contributed by atoms with Crippen LogP contribution in [0.3, 0.4) is 0 Å². The van der Waals surface area contributed by atoms with Crippen molar-refractivity contribution >= 4 is 35.6 Å². The van der Waals surface area contributed by atoms with Crippen LogP contribution in [0.5, 0.6) is 0 Å². The predicted molar refractivity (Wildman–Crippen MR) is 104 cm³/mol. The third-order valence-corrected chi connectivity index (χ3v) is 3.06. The molecule has 0 aliphatic heterocycles. The molecule has 0 saturated carbocycles. The van der Waals surface area contributed by atoms with Crippen LogP contribution in [0.15, 0.2) is 35.3 Å². The van der Waals surface area contributed by atoms with Gasteiger partial charge in [-0.05, 0) is 25.5 Å². The number of hydrogen-bond donors (Lipinski definition) is 2. The monoisotopic (exact) mass is 404 g/mol. The normalized spacial score (nSPS) is 10.7. The number of hydrogen-bond acceptors (Lipinski definition) is 2. The largest absolute Gasteiger partial charge is 0.373 e. The molecule has 0 saturated heterocycles. The molecule has 0 aliphatic carbocycles. The van der Waals surface area contributed by atoms with Gasteiger partial charge in [0, 0.05) is 38.9 Å². The molecule has 0 unspecified atom stereocenters. The number of aliphatic imine (C=N–C) groups is 1. The zero-order chi connectivity index (χ0) is 14.6. The van der Waals surface area contributed by atoms with Crippen LogP contribution in [-0.4, -0.2) is 39.2 Å². The highest BCUT2D eigenvalue weighted by atomic mass is 127. The molecular formula is C16H29IN4. The Labute approximate surface area is 146 Å². The summed E-state index contributed by atoms with van der Waals surface area (Å²) in [6.45, 7) is 7.89. The molecule has 1 aromatic rings. The van der Waals surface area contributed by atoms with Gasteiger partial charge in [-0.3, -0.25) is 4.99 Å². The summed E-state index contributed by atoms with van der Waals surface area (Å²) >= 11 is 0.